The molecule has 3 aromatic carbocycles. The van der Waals surface area contributed by atoms with E-state index in [2.05, 4.69) is 33.4 Å². The molecule has 1 N–H and O–H groups in total. The quantitative estimate of drug-likeness (QED) is 0.546. The fourth-order valence-corrected chi connectivity index (χ4v) is 2.71. The fourth-order valence-electron chi connectivity index (χ4n) is 2.44. The summed E-state index contributed by atoms with van der Waals surface area (Å²) in [6.07, 6.45) is 0.854. The zero-order chi connectivity index (χ0) is 18.9. The van der Waals surface area contributed by atoms with E-state index in [1.54, 1.807) is 12.1 Å². The Bertz CT molecular complexity index is 849. The second-order valence-electron chi connectivity index (χ2n) is 5.90. The molecule has 0 atom stereocenters. The molecule has 0 fully saturated rings. The summed E-state index contributed by atoms with van der Waals surface area (Å²) in [6.45, 7) is 0.563. The highest BCUT2D eigenvalue weighted by molar-refractivity contribution is 9.10. The minimum absolute atomic E-state index is 0.0447. The van der Waals surface area contributed by atoms with Gasteiger partial charge in [0.2, 0.25) is 0 Å². The monoisotopic (exact) mass is 425 g/mol. The van der Waals surface area contributed by atoms with Gasteiger partial charge < -0.3 is 14.8 Å². The van der Waals surface area contributed by atoms with Crippen molar-refractivity contribution in [3.05, 3.63) is 88.9 Å². The highest BCUT2D eigenvalue weighted by atomic mass is 79.9. The molecule has 3 aromatic rings. The standard InChI is InChI=1S/C22H20BrNO3/c23-18-6-10-21(11-7-18)27-16-22(25)24-19-8-12-20(13-9-19)26-15-14-17-4-2-1-3-5-17/h1-13H,14-16H2,(H,24,25). The average molecular weight is 426 g/mol. The van der Waals surface area contributed by atoms with E-state index in [-0.39, 0.29) is 12.5 Å². The van der Waals surface area contributed by atoms with Crippen molar-refractivity contribution in [1.29, 1.82) is 0 Å². The lowest BCUT2D eigenvalue weighted by molar-refractivity contribution is -0.118. The highest BCUT2D eigenvalue weighted by Crippen LogP contribution is 2.17. The molecule has 5 heteroatoms. The van der Waals surface area contributed by atoms with Crippen molar-refractivity contribution in [1.82, 2.24) is 0 Å². The summed E-state index contributed by atoms with van der Waals surface area (Å²) in [6, 6.07) is 24.9. The molecule has 0 aromatic heterocycles. The zero-order valence-corrected chi connectivity index (χ0v) is 16.3. The van der Waals surface area contributed by atoms with Gasteiger partial charge in [-0.2, -0.15) is 0 Å². The molecule has 3 rings (SSSR count). The first kappa shape index (κ1) is 19.0. The highest BCUT2D eigenvalue weighted by Gasteiger charge is 2.04. The number of hydrogen-bond acceptors (Lipinski definition) is 3. The average Bonchev–Trinajstić information content (AvgIpc) is 2.70. The summed E-state index contributed by atoms with van der Waals surface area (Å²) in [4.78, 5) is 12.0. The summed E-state index contributed by atoms with van der Waals surface area (Å²) in [5.41, 5.74) is 1.95. The topological polar surface area (TPSA) is 47.6 Å². The van der Waals surface area contributed by atoms with Crippen LogP contribution in [0.5, 0.6) is 11.5 Å². The Morgan fingerprint density at radius 2 is 1.44 bits per heavy atom. The third-order valence-electron chi connectivity index (χ3n) is 3.82. The number of nitrogens with one attached hydrogen (secondary N) is 1. The van der Waals surface area contributed by atoms with Gasteiger partial charge in [-0.25, -0.2) is 0 Å². The molecule has 0 aliphatic rings. The molecule has 4 nitrogen and oxygen atoms in total. The summed E-state index contributed by atoms with van der Waals surface area (Å²) in [5, 5.41) is 2.80. The molecule has 0 radical (unpaired) electrons. The van der Waals surface area contributed by atoms with Crippen molar-refractivity contribution >= 4 is 27.5 Å². The van der Waals surface area contributed by atoms with E-state index >= 15 is 0 Å². The fraction of sp³-hybridized carbons (Fsp3) is 0.136. The van der Waals surface area contributed by atoms with Crippen LogP contribution in [0.15, 0.2) is 83.3 Å². The Morgan fingerprint density at radius 1 is 0.815 bits per heavy atom. The van der Waals surface area contributed by atoms with E-state index in [0.29, 0.717) is 18.0 Å². The number of carbonyl (C=O) groups is 1. The molecule has 0 saturated heterocycles. The van der Waals surface area contributed by atoms with E-state index in [1.807, 2.05) is 54.6 Å². The largest absolute Gasteiger partial charge is 0.493 e. The van der Waals surface area contributed by atoms with E-state index in [1.165, 1.54) is 5.56 Å². The first-order valence-electron chi connectivity index (χ1n) is 8.64. The van der Waals surface area contributed by atoms with Gasteiger partial charge in [0.1, 0.15) is 11.5 Å². The SMILES string of the molecule is O=C(COc1ccc(Br)cc1)Nc1ccc(OCCc2ccccc2)cc1. The summed E-state index contributed by atoms with van der Waals surface area (Å²) < 4.78 is 12.2. The molecule has 0 aliphatic carbocycles. The molecule has 138 valence electrons. The van der Waals surface area contributed by atoms with Crippen LogP contribution in [-0.2, 0) is 11.2 Å². The summed E-state index contributed by atoms with van der Waals surface area (Å²) >= 11 is 3.36. The van der Waals surface area contributed by atoms with Gasteiger partial charge in [0.25, 0.3) is 5.91 Å². The molecular weight excluding hydrogens is 406 g/mol. The Morgan fingerprint density at radius 3 is 2.15 bits per heavy atom. The summed E-state index contributed by atoms with van der Waals surface area (Å²) in [7, 11) is 0. The van der Waals surface area contributed by atoms with Gasteiger partial charge in [-0.05, 0) is 54.1 Å². The molecule has 0 aliphatic heterocycles. The molecular formula is C22H20BrNO3. The van der Waals surface area contributed by atoms with Crippen molar-refractivity contribution < 1.29 is 14.3 Å². The first-order chi connectivity index (χ1) is 13.2. The minimum Gasteiger partial charge on any atom is -0.493 e. The maximum Gasteiger partial charge on any atom is 0.262 e. The van der Waals surface area contributed by atoms with Crippen molar-refractivity contribution in [3.8, 4) is 11.5 Å². The Balaban J connectivity index is 1.41. The number of halogens is 1. The van der Waals surface area contributed by atoms with Gasteiger partial charge in [0, 0.05) is 16.6 Å². The lowest BCUT2D eigenvalue weighted by atomic mass is 10.2. The van der Waals surface area contributed by atoms with Crippen LogP contribution in [0.1, 0.15) is 5.56 Å². The Hall–Kier alpha value is -2.79. The minimum atomic E-state index is -0.212. The van der Waals surface area contributed by atoms with E-state index in [0.717, 1.165) is 16.6 Å². The first-order valence-corrected chi connectivity index (χ1v) is 9.43. The number of carbonyl (C=O) groups excluding carboxylic acids is 1. The molecule has 1 amide bonds. The number of benzene rings is 3. The van der Waals surface area contributed by atoms with Gasteiger partial charge in [0.15, 0.2) is 6.61 Å². The van der Waals surface area contributed by atoms with Crippen molar-refractivity contribution in [3.63, 3.8) is 0 Å². The van der Waals surface area contributed by atoms with Crippen LogP contribution in [0.4, 0.5) is 5.69 Å². The van der Waals surface area contributed by atoms with Crippen molar-refractivity contribution in [2.24, 2.45) is 0 Å². The third kappa shape index (κ3) is 6.46. The van der Waals surface area contributed by atoms with E-state index < -0.39 is 0 Å². The molecule has 0 saturated carbocycles. The van der Waals surface area contributed by atoms with Gasteiger partial charge in [0.05, 0.1) is 6.61 Å². The van der Waals surface area contributed by atoms with Crippen LogP contribution >= 0.6 is 15.9 Å². The van der Waals surface area contributed by atoms with Gasteiger partial charge in [-0.1, -0.05) is 46.3 Å². The number of ether oxygens (including phenoxy) is 2. The van der Waals surface area contributed by atoms with Crippen LogP contribution in [-0.4, -0.2) is 19.1 Å². The van der Waals surface area contributed by atoms with Crippen LogP contribution in [0.25, 0.3) is 0 Å². The lowest BCUT2D eigenvalue weighted by Crippen LogP contribution is -2.20. The zero-order valence-electron chi connectivity index (χ0n) is 14.7. The molecule has 0 unspecified atom stereocenters. The predicted molar refractivity (Wildman–Crippen MR) is 110 cm³/mol. The summed E-state index contributed by atoms with van der Waals surface area (Å²) in [5.74, 6) is 1.21. The van der Waals surface area contributed by atoms with Crippen molar-refractivity contribution in [2.75, 3.05) is 18.5 Å². The number of anilines is 1. The number of amides is 1. The van der Waals surface area contributed by atoms with Crippen LogP contribution in [0.2, 0.25) is 0 Å². The predicted octanol–water partition coefficient (Wildman–Crippen LogP) is 5.09. The van der Waals surface area contributed by atoms with Gasteiger partial charge >= 0.3 is 0 Å². The van der Waals surface area contributed by atoms with E-state index in [9.17, 15) is 4.79 Å². The third-order valence-corrected chi connectivity index (χ3v) is 4.35. The normalized spacial score (nSPS) is 10.3. The molecule has 0 spiro atoms. The lowest BCUT2D eigenvalue weighted by Gasteiger charge is -2.09. The van der Waals surface area contributed by atoms with Crippen LogP contribution in [0, 0.1) is 0 Å². The van der Waals surface area contributed by atoms with Gasteiger partial charge in [-0.15, -0.1) is 0 Å². The molecule has 27 heavy (non-hydrogen) atoms. The molecule has 0 heterocycles. The maximum absolute atomic E-state index is 12.0. The Labute approximate surface area is 167 Å². The van der Waals surface area contributed by atoms with Gasteiger partial charge in [-0.3, -0.25) is 4.79 Å². The second kappa shape index (κ2) is 9.78. The second-order valence-corrected chi connectivity index (χ2v) is 6.81. The van der Waals surface area contributed by atoms with Crippen LogP contribution < -0.4 is 14.8 Å². The maximum atomic E-state index is 12.0. The van der Waals surface area contributed by atoms with Crippen LogP contribution in [0.3, 0.4) is 0 Å². The number of rotatable bonds is 8. The van der Waals surface area contributed by atoms with E-state index in [4.69, 9.17) is 9.47 Å². The smallest absolute Gasteiger partial charge is 0.262 e. The molecule has 0 bridgehead atoms. The number of hydrogen-bond donors (Lipinski definition) is 1. The Kier molecular flexibility index (Phi) is 6.88. The van der Waals surface area contributed by atoms with Crippen molar-refractivity contribution in [2.45, 2.75) is 6.42 Å².